The minimum Gasteiger partial charge on any atom is -0.336 e. The van der Waals surface area contributed by atoms with E-state index in [1.807, 2.05) is 42.5 Å². The number of nitrogens with one attached hydrogen (secondary N) is 2. The Kier molecular flexibility index (Phi) is 3.32. The molecule has 0 heterocycles. The van der Waals surface area contributed by atoms with Crippen LogP contribution in [0.1, 0.15) is 19.3 Å². The number of rotatable bonds is 3. The fraction of sp³-hybridized carbons (Fsp3) is 0.312. The smallest absolute Gasteiger partial charge is 0.319 e. The Balaban J connectivity index is 1.68. The number of carbonyl (C=O) groups is 1. The normalized spacial score (nSPS) is 16.4. The minimum absolute atomic E-state index is 0.196. The van der Waals surface area contributed by atoms with Crippen molar-refractivity contribution < 1.29 is 4.79 Å². The van der Waals surface area contributed by atoms with Gasteiger partial charge in [0.1, 0.15) is 0 Å². The highest BCUT2D eigenvalue weighted by Gasteiger charge is 2.32. The quantitative estimate of drug-likeness (QED) is 0.802. The monoisotopic (exact) mass is 269 g/mol. The average molecular weight is 269 g/mol. The predicted molar refractivity (Wildman–Crippen MR) is 81.7 cm³/mol. The second-order valence-corrected chi connectivity index (χ2v) is 5.55. The molecule has 1 aliphatic carbocycles. The van der Waals surface area contributed by atoms with Gasteiger partial charge in [0, 0.05) is 17.5 Å². The number of urea groups is 1. The number of anilines is 1. The molecule has 1 saturated carbocycles. The van der Waals surface area contributed by atoms with Crippen molar-refractivity contribution in [1.29, 1.82) is 0 Å². The van der Waals surface area contributed by atoms with Gasteiger partial charge in [-0.05, 0) is 30.7 Å². The predicted octanol–water partition coefficient (Wildman–Crippen LogP) is 2.84. The molecule has 0 spiro atoms. The topological polar surface area (TPSA) is 67.1 Å². The Labute approximate surface area is 118 Å². The van der Waals surface area contributed by atoms with Crippen molar-refractivity contribution in [2.75, 3.05) is 11.9 Å². The number of fused-ring (bicyclic) bond motifs is 1. The van der Waals surface area contributed by atoms with E-state index in [4.69, 9.17) is 5.73 Å². The molecule has 0 bridgehead atoms. The highest BCUT2D eigenvalue weighted by atomic mass is 16.2. The number of nitrogens with two attached hydrogens (primary N) is 1. The molecule has 0 aliphatic heterocycles. The minimum atomic E-state index is -0.198. The number of benzene rings is 2. The van der Waals surface area contributed by atoms with Gasteiger partial charge >= 0.3 is 6.03 Å². The SMILES string of the molecule is NC1(CNC(=O)Nc2cccc3ccccc23)CCC1. The Bertz CT molecular complexity index is 629. The van der Waals surface area contributed by atoms with Crippen LogP contribution in [-0.2, 0) is 0 Å². The third-order valence-electron chi connectivity index (χ3n) is 3.99. The average Bonchev–Trinajstić information content (AvgIpc) is 2.43. The van der Waals surface area contributed by atoms with E-state index in [1.54, 1.807) is 0 Å². The Morgan fingerprint density at radius 2 is 1.90 bits per heavy atom. The van der Waals surface area contributed by atoms with Crippen LogP contribution in [0.25, 0.3) is 10.8 Å². The van der Waals surface area contributed by atoms with Crippen molar-refractivity contribution in [2.45, 2.75) is 24.8 Å². The lowest BCUT2D eigenvalue weighted by molar-refractivity contribution is 0.225. The molecule has 20 heavy (non-hydrogen) atoms. The lowest BCUT2D eigenvalue weighted by Gasteiger charge is -2.38. The summed E-state index contributed by atoms with van der Waals surface area (Å²) in [5.74, 6) is 0. The van der Waals surface area contributed by atoms with Crippen molar-refractivity contribution in [3.63, 3.8) is 0 Å². The van der Waals surface area contributed by atoms with Gasteiger partial charge in [0.15, 0.2) is 0 Å². The van der Waals surface area contributed by atoms with Crippen LogP contribution in [0.3, 0.4) is 0 Å². The van der Waals surface area contributed by atoms with Crippen molar-refractivity contribution in [1.82, 2.24) is 5.32 Å². The van der Waals surface area contributed by atoms with Crippen LogP contribution >= 0.6 is 0 Å². The summed E-state index contributed by atoms with van der Waals surface area (Å²) < 4.78 is 0. The van der Waals surface area contributed by atoms with E-state index in [0.29, 0.717) is 6.54 Å². The Hall–Kier alpha value is -2.07. The highest BCUT2D eigenvalue weighted by Crippen LogP contribution is 2.28. The first-order valence-corrected chi connectivity index (χ1v) is 6.98. The van der Waals surface area contributed by atoms with Crippen molar-refractivity contribution in [2.24, 2.45) is 5.73 Å². The van der Waals surface area contributed by atoms with Gasteiger partial charge < -0.3 is 16.4 Å². The number of hydrogen-bond donors (Lipinski definition) is 3. The second kappa shape index (κ2) is 5.13. The van der Waals surface area contributed by atoms with E-state index in [2.05, 4.69) is 10.6 Å². The first-order chi connectivity index (χ1) is 9.66. The largest absolute Gasteiger partial charge is 0.336 e. The van der Waals surface area contributed by atoms with Gasteiger partial charge in [-0.25, -0.2) is 4.79 Å². The van der Waals surface area contributed by atoms with Gasteiger partial charge in [-0.1, -0.05) is 36.4 Å². The number of amides is 2. The standard InChI is InChI=1S/C16H19N3O/c17-16(9-4-10-16)11-18-15(20)19-14-8-3-6-12-5-1-2-7-13(12)14/h1-3,5-8H,4,9-11,17H2,(H2,18,19,20). The molecule has 2 amide bonds. The van der Waals surface area contributed by atoms with E-state index in [0.717, 1.165) is 35.7 Å². The molecule has 0 saturated heterocycles. The molecule has 0 aromatic heterocycles. The molecule has 1 aliphatic rings. The maximum atomic E-state index is 12.0. The molecule has 4 nitrogen and oxygen atoms in total. The number of carbonyl (C=O) groups excluding carboxylic acids is 1. The Morgan fingerprint density at radius 3 is 2.65 bits per heavy atom. The molecular formula is C16H19N3O. The highest BCUT2D eigenvalue weighted by molar-refractivity contribution is 6.01. The van der Waals surface area contributed by atoms with Crippen LogP contribution in [0.5, 0.6) is 0 Å². The maximum absolute atomic E-state index is 12.0. The van der Waals surface area contributed by atoms with E-state index in [-0.39, 0.29) is 11.6 Å². The van der Waals surface area contributed by atoms with Crippen molar-refractivity contribution in [3.8, 4) is 0 Å². The molecule has 104 valence electrons. The third kappa shape index (κ3) is 2.60. The molecule has 0 unspecified atom stereocenters. The van der Waals surface area contributed by atoms with Crippen LogP contribution in [0.15, 0.2) is 42.5 Å². The third-order valence-corrected chi connectivity index (χ3v) is 3.99. The van der Waals surface area contributed by atoms with E-state index in [1.165, 1.54) is 0 Å². The number of hydrogen-bond acceptors (Lipinski definition) is 2. The van der Waals surface area contributed by atoms with Crippen LogP contribution in [-0.4, -0.2) is 18.1 Å². The van der Waals surface area contributed by atoms with Crippen LogP contribution < -0.4 is 16.4 Å². The second-order valence-electron chi connectivity index (χ2n) is 5.55. The first-order valence-electron chi connectivity index (χ1n) is 6.98. The molecule has 2 aromatic rings. The molecule has 0 atom stereocenters. The molecule has 1 fully saturated rings. The molecule has 2 aromatic carbocycles. The summed E-state index contributed by atoms with van der Waals surface area (Å²) in [7, 11) is 0. The fourth-order valence-corrected chi connectivity index (χ4v) is 2.56. The summed E-state index contributed by atoms with van der Waals surface area (Å²) in [6.45, 7) is 0.531. The van der Waals surface area contributed by atoms with Gasteiger partial charge in [-0.3, -0.25) is 0 Å². The maximum Gasteiger partial charge on any atom is 0.319 e. The van der Waals surface area contributed by atoms with Crippen LogP contribution in [0.4, 0.5) is 10.5 Å². The fourth-order valence-electron chi connectivity index (χ4n) is 2.56. The molecule has 3 rings (SSSR count). The van der Waals surface area contributed by atoms with Gasteiger partial charge in [-0.15, -0.1) is 0 Å². The molecular weight excluding hydrogens is 250 g/mol. The zero-order valence-electron chi connectivity index (χ0n) is 11.4. The lowest BCUT2D eigenvalue weighted by atomic mass is 9.78. The van der Waals surface area contributed by atoms with Crippen molar-refractivity contribution in [3.05, 3.63) is 42.5 Å². The van der Waals surface area contributed by atoms with Gasteiger partial charge in [0.05, 0.1) is 5.69 Å². The lowest BCUT2D eigenvalue weighted by Crippen LogP contribution is -2.55. The van der Waals surface area contributed by atoms with Gasteiger partial charge in [-0.2, -0.15) is 0 Å². The van der Waals surface area contributed by atoms with Crippen LogP contribution in [0.2, 0.25) is 0 Å². The molecule has 4 N–H and O–H groups in total. The summed E-state index contributed by atoms with van der Waals surface area (Å²) in [6, 6.07) is 13.7. The van der Waals surface area contributed by atoms with E-state index in [9.17, 15) is 4.79 Å². The molecule has 4 heteroatoms. The van der Waals surface area contributed by atoms with E-state index < -0.39 is 0 Å². The zero-order valence-corrected chi connectivity index (χ0v) is 11.4. The zero-order chi connectivity index (χ0) is 14.0. The van der Waals surface area contributed by atoms with Crippen molar-refractivity contribution >= 4 is 22.5 Å². The van der Waals surface area contributed by atoms with Gasteiger partial charge in [0.2, 0.25) is 0 Å². The van der Waals surface area contributed by atoms with Gasteiger partial charge in [0.25, 0.3) is 0 Å². The summed E-state index contributed by atoms with van der Waals surface area (Å²) in [4.78, 5) is 12.0. The van der Waals surface area contributed by atoms with Crippen LogP contribution in [0, 0.1) is 0 Å². The summed E-state index contributed by atoms with van der Waals surface area (Å²) in [5, 5.41) is 7.91. The summed E-state index contributed by atoms with van der Waals surface area (Å²) in [5.41, 5.74) is 6.71. The summed E-state index contributed by atoms with van der Waals surface area (Å²) >= 11 is 0. The van der Waals surface area contributed by atoms with E-state index >= 15 is 0 Å². The molecule has 0 radical (unpaired) electrons. The summed E-state index contributed by atoms with van der Waals surface area (Å²) in [6.07, 6.45) is 3.13. The first kappa shape index (κ1) is 12.9. The Morgan fingerprint density at radius 1 is 1.15 bits per heavy atom.